The highest BCUT2D eigenvalue weighted by molar-refractivity contribution is 9.10. The van der Waals surface area contributed by atoms with Gasteiger partial charge in [0.2, 0.25) is 5.91 Å². The monoisotopic (exact) mass is 549 g/mol. The van der Waals surface area contributed by atoms with Crippen LogP contribution in [-0.4, -0.2) is 57.6 Å². The molecule has 1 fully saturated rings. The quantitative estimate of drug-likeness (QED) is 0.358. The first-order valence-electron chi connectivity index (χ1n) is 11.9. The van der Waals surface area contributed by atoms with Crippen LogP contribution in [0.1, 0.15) is 32.2 Å². The summed E-state index contributed by atoms with van der Waals surface area (Å²) in [4.78, 5) is 33.0. The Balaban J connectivity index is 1.57. The van der Waals surface area contributed by atoms with E-state index >= 15 is 0 Å². The Labute approximate surface area is 217 Å². The van der Waals surface area contributed by atoms with E-state index in [9.17, 15) is 9.59 Å². The molecule has 0 atom stereocenters. The third kappa shape index (κ3) is 4.73. The molecule has 1 amide bonds. The number of para-hydroxylation sites is 1. The highest BCUT2D eigenvalue weighted by atomic mass is 79.9. The van der Waals surface area contributed by atoms with Crippen LogP contribution in [0.3, 0.4) is 0 Å². The number of halogens is 1. The number of amides is 1. The highest BCUT2D eigenvalue weighted by Gasteiger charge is 2.23. The second kappa shape index (κ2) is 9.63. The van der Waals surface area contributed by atoms with Crippen LogP contribution in [-0.2, 0) is 21.5 Å². The van der Waals surface area contributed by atoms with Crippen molar-refractivity contribution < 1.29 is 9.53 Å². The number of carbonyl (C=O) groups excluding carboxylic acids is 1. The Morgan fingerprint density at radius 1 is 1.14 bits per heavy atom. The number of hydrogen-bond donors (Lipinski definition) is 0. The standard InChI is InChI=1S/C27H28BrN5O3/c1-27(2,3)26-30-22-9-8-19(28)14-21(22)25(35)33(26)29-15-18-16-32(23-7-5-4-6-20(18)23)17-24(34)31-10-12-36-13-11-31/h4-9,14-16H,10-13,17H2,1-3H3. The maximum absolute atomic E-state index is 13.5. The number of fused-ring (bicyclic) bond motifs is 2. The molecular weight excluding hydrogens is 522 g/mol. The summed E-state index contributed by atoms with van der Waals surface area (Å²) in [5.74, 6) is 0.628. The van der Waals surface area contributed by atoms with Crippen LogP contribution >= 0.6 is 15.9 Å². The van der Waals surface area contributed by atoms with Crippen LogP contribution in [0.25, 0.3) is 21.8 Å². The molecule has 2 aromatic heterocycles. The van der Waals surface area contributed by atoms with Gasteiger partial charge in [0.1, 0.15) is 12.4 Å². The van der Waals surface area contributed by atoms with E-state index in [2.05, 4.69) is 21.0 Å². The van der Waals surface area contributed by atoms with E-state index in [-0.39, 0.29) is 18.0 Å². The van der Waals surface area contributed by atoms with Crippen molar-refractivity contribution in [2.45, 2.75) is 32.7 Å². The zero-order valence-corrected chi connectivity index (χ0v) is 22.2. The van der Waals surface area contributed by atoms with Crippen LogP contribution in [0.4, 0.5) is 0 Å². The molecule has 9 heteroatoms. The van der Waals surface area contributed by atoms with Crippen molar-refractivity contribution in [1.82, 2.24) is 19.1 Å². The first-order chi connectivity index (χ1) is 17.2. The molecular formula is C27H28BrN5O3. The fraction of sp³-hybridized carbons (Fsp3) is 0.333. The Morgan fingerprint density at radius 3 is 2.64 bits per heavy atom. The number of nitrogens with zero attached hydrogens (tertiary/aromatic N) is 5. The number of carbonyl (C=O) groups is 1. The van der Waals surface area contributed by atoms with Crippen LogP contribution in [0.15, 0.2) is 63.0 Å². The van der Waals surface area contributed by atoms with Crippen molar-refractivity contribution in [3.63, 3.8) is 0 Å². The molecule has 0 bridgehead atoms. The summed E-state index contributed by atoms with van der Waals surface area (Å²) in [5, 5.41) is 6.08. The van der Waals surface area contributed by atoms with Gasteiger partial charge in [-0.15, -0.1) is 0 Å². The zero-order valence-electron chi connectivity index (χ0n) is 20.6. The molecule has 2 aromatic carbocycles. The largest absolute Gasteiger partial charge is 0.378 e. The summed E-state index contributed by atoms with van der Waals surface area (Å²) in [6.45, 7) is 8.60. The zero-order chi connectivity index (χ0) is 25.4. The van der Waals surface area contributed by atoms with Gasteiger partial charge in [-0.2, -0.15) is 9.78 Å². The number of rotatable bonds is 4. The minimum absolute atomic E-state index is 0.0538. The molecule has 1 aliphatic heterocycles. The van der Waals surface area contributed by atoms with Crippen LogP contribution in [0, 0.1) is 0 Å². The summed E-state index contributed by atoms with van der Waals surface area (Å²) in [6, 6.07) is 13.4. The van der Waals surface area contributed by atoms with Crippen molar-refractivity contribution in [3.8, 4) is 0 Å². The normalized spacial score (nSPS) is 14.8. The van der Waals surface area contributed by atoms with Gasteiger partial charge in [-0.25, -0.2) is 4.98 Å². The Kier molecular flexibility index (Phi) is 6.53. The molecule has 36 heavy (non-hydrogen) atoms. The highest BCUT2D eigenvalue weighted by Crippen LogP contribution is 2.24. The molecule has 0 N–H and O–H groups in total. The van der Waals surface area contributed by atoms with Gasteiger partial charge in [-0.3, -0.25) is 9.59 Å². The van der Waals surface area contributed by atoms with Gasteiger partial charge in [0.15, 0.2) is 0 Å². The first-order valence-corrected chi connectivity index (χ1v) is 12.7. The van der Waals surface area contributed by atoms with Gasteiger partial charge in [-0.1, -0.05) is 54.9 Å². The summed E-state index contributed by atoms with van der Waals surface area (Å²) in [6.07, 6.45) is 3.60. The second-order valence-electron chi connectivity index (χ2n) is 9.93. The van der Waals surface area contributed by atoms with E-state index < -0.39 is 5.41 Å². The van der Waals surface area contributed by atoms with Gasteiger partial charge >= 0.3 is 0 Å². The van der Waals surface area contributed by atoms with Gasteiger partial charge < -0.3 is 14.2 Å². The SMILES string of the molecule is CC(C)(C)c1nc2ccc(Br)cc2c(=O)n1N=Cc1cn(CC(=O)N2CCOCC2)c2ccccc12. The summed E-state index contributed by atoms with van der Waals surface area (Å²) < 4.78 is 9.51. The van der Waals surface area contributed by atoms with Gasteiger partial charge in [0.05, 0.1) is 30.3 Å². The summed E-state index contributed by atoms with van der Waals surface area (Å²) >= 11 is 3.45. The van der Waals surface area contributed by atoms with Gasteiger partial charge in [0.25, 0.3) is 5.56 Å². The third-order valence-electron chi connectivity index (χ3n) is 6.28. The average Bonchev–Trinajstić information content (AvgIpc) is 3.21. The van der Waals surface area contributed by atoms with E-state index in [1.165, 1.54) is 4.68 Å². The Morgan fingerprint density at radius 2 is 1.89 bits per heavy atom. The van der Waals surface area contributed by atoms with E-state index in [1.807, 2.05) is 72.8 Å². The molecule has 0 spiro atoms. The number of ether oxygens (including phenoxy) is 1. The minimum Gasteiger partial charge on any atom is -0.378 e. The molecule has 186 valence electrons. The fourth-order valence-electron chi connectivity index (χ4n) is 4.43. The molecule has 0 aliphatic carbocycles. The lowest BCUT2D eigenvalue weighted by Gasteiger charge is -2.27. The van der Waals surface area contributed by atoms with Crippen LogP contribution < -0.4 is 5.56 Å². The predicted molar refractivity (Wildman–Crippen MR) is 145 cm³/mol. The number of hydrogen-bond acceptors (Lipinski definition) is 5. The van der Waals surface area contributed by atoms with E-state index in [4.69, 9.17) is 9.72 Å². The smallest absolute Gasteiger partial charge is 0.282 e. The maximum atomic E-state index is 13.5. The molecule has 0 radical (unpaired) electrons. The Bertz CT molecular complexity index is 1540. The van der Waals surface area contributed by atoms with Crippen molar-refractivity contribution in [3.05, 3.63) is 74.9 Å². The van der Waals surface area contributed by atoms with E-state index in [1.54, 1.807) is 12.3 Å². The van der Waals surface area contributed by atoms with Crippen molar-refractivity contribution in [1.29, 1.82) is 0 Å². The van der Waals surface area contributed by atoms with E-state index in [0.717, 1.165) is 20.9 Å². The Hall–Kier alpha value is -3.30. The molecule has 8 nitrogen and oxygen atoms in total. The number of aromatic nitrogens is 3. The lowest BCUT2D eigenvalue weighted by Crippen LogP contribution is -2.42. The van der Waals surface area contributed by atoms with Crippen molar-refractivity contribution >= 4 is 49.9 Å². The third-order valence-corrected chi connectivity index (χ3v) is 6.77. The van der Waals surface area contributed by atoms with Crippen molar-refractivity contribution in [2.75, 3.05) is 26.3 Å². The van der Waals surface area contributed by atoms with Crippen molar-refractivity contribution in [2.24, 2.45) is 5.10 Å². The molecule has 3 heterocycles. The topological polar surface area (TPSA) is 81.7 Å². The first kappa shape index (κ1) is 24.4. The van der Waals surface area contributed by atoms with Gasteiger partial charge in [0, 0.05) is 45.6 Å². The molecule has 4 aromatic rings. The maximum Gasteiger partial charge on any atom is 0.282 e. The average molecular weight is 550 g/mol. The van der Waals surface area contributed by atoms with Crippen LogP contribution in [0.5, 0.6) is 0 Å². The fourth-order valence-corrected chi connectivity index (χ4v) is 4.79. The molecule has 0 unspecified atom stereocenters. The molecule has 1 aliphatic rings. The summed E-state index contributed by atoms with van der Waals surface area (Å²) in [5.41, 5.74) is 1.76. The molecule has 0 saturated carbocycles. The van der Waals surface area contributed by atoms with Gasteiger partial charge in [-0.05, 0) is 24.3 Å². The number of morpholine rings is 1. The summed E-state index contributed by atoms with van der Waals surface area (Å²) in [7, 11) is 0. The van der Waals surface area contributed by atoms with E-state index in [0.29, 0.717) is 43.0 Å². The number of benzene rings is 2. The predicted octanol–water partition coefficient (Wildman–Crippen LogP) is 4.15. The van der Waals surface area contributed by atoms with Crippen LogP contribution in [0.2, 0.25) is 0 Å². The second-order valence-corrected chi connectivity index (χ2v) is 10.8. The lowest BCUT2D eigenvalue weighted by molar-refractivity contribution is -0.135. The minimum atomic E-state index is -0.406. The molecule has 5 rings (SSSR count). The molecule has 1 saturated heterocycles. The lowest BCUT2D eigenvalue weighted by atomic mass is 9.95.